The van der Waals surface area contributed by atoms with Crippen molar-refractivity contribution in [1.82, 2.24) is 14.8 Å². The highest BCUT2D eigenvalue weighted by Crippen LogP contribution is 2.34. The van der Waals surface area contributed by atoms with Crippen LogP contribution in [0.5, 0.6) is 5.75 Å². The van der Waals surface area contributed by atoms with E-state index in [0.29, 0.717) is 0 Å². The van der Waals surface area contributed by atoms with Crippen molar-refractivity contribution < 1.29 is 4.74 Å². The highest BCUT2D eigenvalue weighted by Gasteiger charge is 2.25. The van der Waals surface area contributed by atoms with Crippen molar-refractivity contribution in [2.45, 2.75) is 11.2 Å². The monoisotopic (exact) mass is 350 g/mol. The third kappa shape index (κ3) is 3.00. The molecular formula is C19H18N4OS. The molecule has 126 valence electrons. The maximum atomic E-state index is 5.27. The number of methoxy groups -OCH3 is 1. The number of ether oxygens (including phenoxy) is 1. The van der Waals surface area contributed by atoms with E-state index in [1.807, 2.05) is 41.3 Å². The number of thioether (sulfide) groups is 1. The van der Waals surface area contributed by atoms with Crippen LogP contribution >= 0.6 is 11.8 Å². The second-order valence-corrected chi connectivity index (χ2v) is 6.43. The normalized spacial score (nSPS) is 15.9. The number of nitrogens with one attached hydrogen (secondary N) is 1. The molecular weight excluding hydrogens is 332 g/mol. The second kappa shape index (κ2) is 6.64. The number of allylic oxidation sites excluding steroid dienone is 1. The van der Waals surface area contributed by atoms with Gasteiger partial charge >= 0.3 is 0 Å². The number of anilines is 1. The molecule has 1 atom stereocenters. The van der Waals surface area contributed by atoms with Gasteiger partial charge in [-0.2, -0.15) is 4.98 Å². The molecule has 0 aliphatic carbocycles. The number of fused-ring (bicyclic) bond motifs is 1. The van der Waals surface area contributed by atoms with Crippen LogP contribution in [0, 0.1) is 0 Å². The van der Waals surface area contributed by atoms with Crippen molar-refractivity contribution in [3.63, 3.8) is 0 Å². The van der Waals surface area contributed by atoms with Crippen LogP contribution in [0.1, 0.15) is 17.2 Å². The van der Waals surface area contributed by atoms with E-state index in [-0.39, 0.29) is 6.04 Å². The maximum absolute atomic E-state index is 5.27. The fourth-order valence-electron chi connectivity index (χ4n) is 2.88. The van der Waals surface area contributed by atoms with Crippen molar-refractivity contribution in [1.29, 1.82) is 0 Å². The summed E-state index contributed by atoms with van der Waals surface area (Å²) in [6.45, 7) is 0. The van der Waals surface area contributed by atoms with E-state index < -0.39 is 0 Å². The number of aromatic nitrogens is 3. The summed E-state index contributed by atoms with van der Waals surface area (Å²) < 4.78 is 7.20. The molecule has 0 bridgehead atoms. The van der Waals surface area contributed by atoms with Gasteiger partial charge in [0.1, 0.15) is 11.8 Å². The van der Waals surface area contributed by atoms with Gasteiger partial charge in [0.2, 0.25) is 11.1 Å². The van der Waals surface area contributed by atoms with Gasteiger partial charge in [0.25, 0.3) is 0 Å². The van der Waals surface area contributed by atoms with Crippen LogP contribution in [-0.2, 0) is 0 Å². The Morgan fingerprint density at radius 2 is 1.84 bits per heavy atom. The van der Waals surface area contributed by atoms with E-state index in [1.54, 1.807) is 7.11 Å². The van der Waals surface area contributed by atoms with E-state index in [0.717, 1.165) is 33.7 Å². The number of hydrogen-bond donors (Lipinski definition) is 1. The fraction of sp³-hybridized carbons (Fsp3) is 0.158. The summed E-state index contributed by atoms with van der Waals surface area (Å²) in [5, 5.41) is 8.78. The molecule has 0 fully saturated rings. The SMILES string of the molecule is COc1ccc(C2C=C(c3ccccc3)Nc3nc(SC)nn32)cc1. The van der Waals surface area contributed by atoms with Gasteiger partial charge in [-0.05, 0) is 35.6 Å². The molecule has 4 rings (SSSR count). The summed E-state index contributed by atoms with van der Waals surface area (Å²) in [7, 11) is 1.67. The molecule has 5 nitrogen and oxygen atoms in total. The molecule has 1 aromatic heterocycles. The zero-order chi connectivity index (χ0) is 17.2. The molecule has 0 spiro atoms. The first-order chi connectivity index (χ1) is 12.3. The minimum atomic E-state index is -0.0224. The van der Waals surface area contributed by atoms with E-state index in [4.69, 9.17) is 4.74 Å². The summed E-state index contributed by atoms with van der Waals surface area (Å²) in [5.41, 5.74) is 3.30. The van der Waals surface area contributed by atoms with Gasteiger partial charge in [0, 0.05) is 5.70 Å². The first-order valence-electron chi connectivity index (χ1n) is 7.97. The lowest BCUT2D eigenvalue weighted by atomic mass is 10.0. The molecule has 0 saturated carbocycles. The summed E-state index contributed by atoms with van der Waals surface area (Å²) in [5.74, 6) is 1.60. The molecule has 1 unspecified atom stereocenters. The third-order valence-electron chi connectivity index (χ3n) is 4.17. The first-order valence-corrected chi connectivity index (χ1v) is 9.19. The van der Waals surface area contributed by atoms with E-state index in [1.165, 1.54) is 11.8 Å². The molecule has 1 N–H and O–H groups in total. The van der Waals surface area contributed by atoms with Crippen LogP contribution in [0.15, 0.2) is 65.8 Å². The van der Waals surface area contributed by atoms with E-state index >= 15 is 0 Å². The Kier molecular flexibility index (Phi) is 4.19. The highest BCUT2D eigenvalue weighted by molar-refractivity contribution is 7.98. The molecule has 6 heteroatoms. The zero-order valence-electron chi connectivity index (χ0n) is 14.0. The predicted octanol–water partition coefficient (Wildman–Crippen LogP) is 4.06. The number of hydrogen-bond acceptors (Lipinski definition) is 5. The lowest BCUT2D eigenvalue weighted by molar-refractivity contribution is 0.414. The molecule has 2 heterocycles. The largest absolute Gasteiger partial charge is 0.497 e. The predicted molar refractivity (Wildman–Crippen MR) is 101 cm³/mol. The van der Waals surface area contributed by atoms with Crippen molar-refractivity contribution >= 4 is 23.4 Å². The van der Waals surface area contributed by atoms with Gasteiger partial charge < -0.3 is 10.1 Å². The van der Waals surface area contributed by atoms with Crippen LogP contribution in [-0.4, -0.2) is 28.1 Å². The number of rotatable bonds is 4. The number of nitrogens with zero attached hydrogens (tertiary/aromatic N) is 3. The Morgan fingerprint density at radius 1 is 1.08 bits per heavy atom. The van der Waals surface area contributed by atoms with Crippen molar-refractivity contribution in [3.05, 3.63) is 71.8 Å². The molecule has 0 radical (unpaired) electrons. The zero-order valence-corrected chi connectivity index (χ0v) is 14.8. The smallest absolute Gasteiger partial charge is 0.227 e. The van der Waals surface area contributed by atoms with Gasteiger partial charge in [-0.1, -0.05) is 54.2 Å². The minimum absolute atomic E-state index is 0.0224. The third-order valence-corrected chi connectivity index (χ3v) is 4.71. The average molecular weight is 350 g/mol. The summed E-state index contributed by atoms with van der Waals surface area (Å²) >= 11 is 1.54. The van der Waals surface area contributed by atoms with Crippen molar-refractivity contribution in [2.75, 3.05) is 18.7 Å². The van der Waals surface area contributed by atoms with Gasteiger partial charge in [-0.25, -0.2) is 4.68 Å². The maximum Gasteiger partial charge on any atom is 0.227 e. The Bertz CT molecular complexity index is 903. The summed E-state index contributed by atoms with van der Waals surface area (Å²) in [6, 6.07) is 18.3. The summed E-state index contributed by atoms with van der Waals surface area (Å²) in [4.78, 5) is 4.59. The van der Waals surface area contributed by atoms with Crippen LogP contribution in [0.3, 0.4) is 0 Å². The van der Waals surface area contributed by atoms with Crippen LogP contribution < -0.4 is 10.1 Å². The molecule has 0 amide bonds. The second-order valence-electron chi connectivity index (χ2n) is 5.66. The Morgan fingerprint density at radius 3 is 2.52 bits per heavy atom. The molecule has 25 heavy (non-hydrogen) atoms. The Labute approximate surface area is 150 Å². The quantitative estimate of drug-likeness (QED) is 0.719. The number of benzene rings is 2. The van der Waals surface area contributed by atoms with Crippen LogP contribution in [0.4, 0.5) is 5.95 Å². The van der Waals surface area contributed by atoms with E-state index in [9.17, 15) is 0 Å². The lowest BCUT2D eigenvalue weighted by Crippen LogP contribution is -2.20. The van der Waals surface area contributed by atoms with Crippen molar-refractivity contribution in [3.8, 4) is 5.75 Å². The molecule has 0 saturated heterocycles. The first kappa shape index (κ1) is 15.8. The standard InChI is InChI=1S/C19H18N4OS/c1-24-15-10-8-14(9-11-15)17-12-16(13-6-4-3-5-7-13)20-18-21-19(25-2)22-23(17)18/h3-12,17H,1-2H3,(H,20,21,22). The van der Waals surface area contributed by atoms with Gasteiger partial charge in [-0.15, -0.1) is 5.10 Å². The topological polar surface area (TPSA) is 52.0 Å². The molecule has 1 aliphatic rings. The van der Waals surface area contributed by atoms with Crippen LogP contribution in [0.25, 0.3) is 5.70 Å². The van der Waals surface area contributed by atoms with Gasteiger partial charge in [0.15, 0.2) is 0 Å². The van der Waals surface area contributed by atoms with Gasteiger partial charge in [-0.3, -0.25) is 0 Å². The Hall–Kier alpha value is -2.73. The average Bonchev–Trinajstić information content (AvgIpc) is 3.11. The van der Waals surface area contributed by atoms with Crippen LogP contribution in [0.2, 0.25) is 0 Å². The van der Waals surface area contributed by atoms with Crippen molar-refractivity contribution in [2.24, 2.45) is 0 Å². The fourth-order valence-corrected chi connectivity index (χ4v) is 3.23. The van der Waals surface area contributed by atoms with Gasteiger partial charge in [0.05, 0.1) is 7.11 Å². The lowest BCUT2D eigenvalue weighted by Gasteiger charge is -2.24. The molecule has 3 aromatic rings. The molecule has 2 aromatic carbocycles. The minimum Gasteiger partial charge on any atom is -0.497 e. The Balaban J connectivity index is 1.80. The molecule has 1 aliphatic heterocycles. The highest BCUT2D eigenvalue weighted by atomic mass is 32.2. The van der Waals surface area contributed by atoms with E-state index in [2.05, 4.69) is 45.7 Å². The summed E-state index contributed by atoms with van der Waals surface area (Å²) in [6.07, 6.45) is 4.16.